The third-order valence-corrected chi connectivity index (χ3v) is 3.26. The molecular formula is C9H13N5O3S. The number of fused-ring (bicyclic) bond motifs is 1. The van der Waals surface area contributed by atoms with Crippen LogP contribution in [0.5, 0.6) is 0 Å². The van der Waals surface area contributed by atoms with E-state index < -0.39 is 15.3 Å². The normalized spacial score (nSPS) is 12.1. The number of anilines is 1. The molecule has 0 aliphatic rings. The van der Waals surface area contributed by atoms with Gasteiger partial charge in [-0.15, -0.1) is 0 Å². The molecule has 0 fully saturated rings. The Bertz CT molecular complexity index is 679. The van der Waals surface area contributed by atoms with Crippen molar-refractivity contribution in [3.8, 4) is 0 Å². The number of hydrogen-bond acceptors (Lipinski definition) is 6. The highest BCUT2D eigenvalue weighted by Gasteiger charge is 2.23. The quantitative estimate of drug-likeness (QED) is 0.774. The van der Waals surface area contributed by atoms with Crippen LogP contribution in [-0.2, 0) is 16.7 Å². The predicted octanol–water partition coefficient (Wildman–Crippen LogP) is 0.455. The van der Waals surface area contributed by atoms with Gasteiger partial charge in [0, 0.05) is 6.54 Å². The number of nitrogens with zero attached hydrogens (tertiary/aromatic N) is 4. The molecule has 0 bridgehead atoms. The molecule has 9 heteroatoms. The van der Waals surface area contributed by atoms with E-state index in [4.69, 9.17) is 10.3 Å². The molecule has 0 atom stereocenters. The zero-order valence-electron chi connectivity index (χ0n) is 9.74. The Balaban J connectivity index is 2.72. The van der Waals surface area contributed by atoms with Crippen LogP contribution in [0.3, 0.4) is 0 Å². The largest absolute Gasteiger partial charge is 0.382 e. The van der Waals surface area contributed by atoms with E-state index in [-0.39, 0.29) is 11.3 Å². The van der Waals surface area contributed by atoms with Gasteiger partial charge in [-0.2, -0.15) is 8.42 Å². The molecule has 0 unspecified atom stereocenters. The van der Waals surface area contributed by atoms with Crippen LogP contribution in [0.1, 0.15) is 19.8 Å². The number of aryl methyl sites for hydroxylation is 1. The Morgan fingerprint density at radius 1 is 1.44 bits per heavy atom. The van der Waals surface area contributed by atoms with Crippen molar-refractivity contribution in [1.29, 1.82) is 0 Å². The van der Waals surface area contributed by atoms with E-state index in [0.717, 1.165) is 12.8 Å². The lowest BCUT2D eigenvalue weighted by molar-refractivity contribution is 0.461. The predicted molar refractivity (Wildman–Crippen MR) is 64.5 cm³/mol. The van der Waals surface area contributed by atoms with E-state index >= 15 is 0 Å². The summed E-state index contributed by atoms with van der Waals surface area (Å²) in [6, 6.07) is 0. The van der Waals surface area contributed by atoms with Gasteiger partial charge in [-0.1, -0.05) is 13.3 Å². The standard InChI is InChI=1S/C9H13N5O3S/c1-2-3-4-14-8-6(7(10)11-5-12-8)13-9(14)18(15,16)17/h5H,2-4H2,1H3,(H2,10,11,12)(H,15,16,17). The van der Waals surface area contributed by atoms with Gasteiger partial charge in [0.2, 0.25) is 0 Å². The minimum Gasteiger partial charge on any atom is -0.382 e. The first-order valence-electron chi connectivity index (χ1n) is 5.39. The van der Waals surface area contributed by atoms with Crippen molar-refractivity contribution in [2.24, 2.45) is 0 Å². The summed E-state index contributed by atoms with van der Waals surface area (Å²) in [5.41, 5.74) is 6.10. The summed E-state index contributed by atoms with van der Waals surface area (Å²) < 4.78 is 33.1. The van der Waals surface area contributed by atoms with Gasteiger partial charge in [-0.05, 0) is 6.42 Å². The number of nitrogens with two attached hydrogens (primary N) is 1. The summed E-state index contributed by atoms with van der Waals surface area (Å²) in [6.45, 7) is 2.36. The highest BCUT2D eigenvalue weighted by molar-refractivity contribution is 7.85. The van der Waals surface area contributed by atoms with Gasteiger partial charge in [0.15, 0.2) is 17.0 Å². The van der Waals surface area contributed by atoms with Crippen LogP contribution in [0.25, 0.3) is 11.2 Å². The lowest BCUT2D eigenvalue weighted by atomic mass is 10.3. The van der Waals surface area contributed by atoms with E-state index in [0.29, 0.717) is 12.2 Å². The molecule has 0 aliphatic carbocycles. The average molecular weight is 271 g/mol. The van der Waals surface area contributed by atoms with Gasteiger partial charge in [0.1, 0.15) is 6.33 Å². The van der Waals surface area contributed by atoms with Crippen LogP contribution >= 0.6 is 0 Å². The van der Waals surface area contributed by atoms with Crippen LogP contribution in [0.4, 0.5) is 5.82 Å². The van der Waals surface area contributed by atoms with Crippen molar-refractivity contribution >= 4 is 27.1 Å². The molecule has 8 nitrogen and oxygen atoms in total. The SMILES string of the molecule is CCCCn1c(S(=O)(=O)O)nc2c(N)ncnc21. The Morgan fingerprint density at radius 3 is 2.78 bits per heavy atom. The minimum atomic E-state index is -4.41. The number of imidazole rings is 1. The van der Waals surface area contributed by atoms with Crippen molar-refractivity contribution in [2.45, 2.75) is 31.5 Å². The Hall–Kier alpha value is -1.74. The molecule has 0 spiro atoms. The molecule has 98 valence electrons. The van der Waals surface area contributed by atoms with Crippen molar-refractivity contribution < 1.29 is 13.0 Å². The first-order valence-corrected chi connectivity index (χ1v) is 6.83. The zero-order valence-corrected chi connectivity index (χ0v) is 10.6. The Labute approximate surface area is 104 Å². The van der Waals surface area contributed by atoms with Crippen LogP contribution in [0.15, 0.2) is 11.5 Å². The smallest absolute Gasteiger partial charge is 0.328 e. The zero-order chi connectivity index (χ0) is 13.3. The van der Waals surface area contributed by atoms with Crippen molar-refractivity contribution in [2.75, 3.05) is 5.73 Å². The van der Waals surface area contributed by atoms with Crippen LogP contribution in [-0.4, -0.2) is 32.5 Å². The summed E-state index contributed by atoms with van der Waals surface area (Å²) in [4.78, 5) is 11.5. The summed E-state index contributed by atoms with van der Waals surface area (Å²) >= 11 is 0. The van der Waals surface area contributed by atoms with Gasteiger partial charge in [-0.3, -0.25) is 9.12 Å². The Kier molecular flexibility index (Phi) is 3.18. The maximum Gasteiger partial charge on any atom is 0.328 e. The maximum absolute atomic E-state index is 11.3. The molecule has 0 radical (unpaired) electrons. The number of hydrogen-bond donors (Lipinski definition) is 2. The monoisotopic (exact) mass is 271 g/mol. The van der Waals surface area contributed by atoms with E-state index in [2.05, 4.69) is 15.0 Å². The number of rotatable bonds is 4. The van der Waals surface area contributed by atoms with E-state index in [1.54, 1.807) is 0 Å². The lowest BCUT2D eigenvalue weighted by Crippen LogP contribution is -2.10. The van der Waals surface area contributed by atoms with Crippen LogP contribution in [0.2, 0.25) is 0 Å². The summed E-state index contributed by atoms with van der Waals surface area (Å²) in [6.07, 6.45) is 2.83. The summed E-state index contributed by atoms with van der Waals surface area (Å²) in [7, 11) is -4.41. The van der Waals surface area contributed by atoms with E-state index in [1.807, 2.05) is 6.92 Å². The number of aromatic nitrogens is 4. The fourth-order valence-electron chi connectivity index (χ4n) is 1.65. The van der Waals surface area contributed by atoms with Gasteiger partial charge in [0.25, 0.3) is 5.16 Å². The van der Waals surface area contributed by atoms with Gasteiger partial charge in [0.05, 0.1) is 0 Å². The molecule has 2 aromatic heterocycles. The van der Waals surface area contributed by atoms with Crippen molar-refractivity contribution in [1.82, 2.24) is 19.5 Å². The molecular weight excluding hydrogens is 258 g/mol. The number of unbranched alkanes of at least 4 members (excludes halogenated alkanes) is 1. The third-order valence-electron chi connectivity index (χ3n) is 2.49. The molecule has 2 heterocycles. The third kappa shape index (κ3) is 2.14. The molecule has 0 saturated heterocycles. The van der Waals surface area contributed by atoms with E-state index in [9.17, 15) is 8.42 Å². The van der Waals surface area contributed by atoms with E-state index in [1.165, 1.54) is 10.9 Å². The van der Waals surface area contributed by atoms with Gasteiger partial charge < -0.3 is 5.73 Å². The molecule has 0 amide bonds. The molecule has 0 aromatic carbocycles. The van der Waals surface area contributed by atoms with Gasteiger partial charge in [-0.25, -0.2) is 15.0 Å². The van der Waals surface area contributed by atoms with Crippen LogP contribution in [0, 0.1) is 0 Å². The minimum absolute atomic E-state index is 0.0835. The first kappa shape index (κ1) is 12.7. The highest BCUT2D eigenvalue weighted by atomic mass is 32.2. The molecule has 2 aromatic rings. The average Bonchev–Trinajstić information content (AvgIpc) is 2.66. The maximum atomic E-state index is 11.3. The lowest BCUT2D eigenvalue weighted by Gasteiger charge is -2.04. The second-order valence-electron chi connectivity index (χ2n) is 3.81. The van der Waals surface area contributed by atoms with Gasteiger partial charge >= 0.3 is 10.1 Å². The fourth-order valence-corrected chi connectivity index (χ4v) is 2.31. The topological polar surface area (TPSA) is 124 Å². The van der Waals surface area contributed by atoms with Crippen LogP contribution < -0.4 is 5.73 Å². The molecule has 0 saturated carbocycles. The summed E-state index contributed by atoms with van der Waals surface area (Å²) in [5, 5.41) is -0.446. The van der Waals surface area contributed by atoms with Crippen molar-refractivity contribution in [3.05, 3.63) is 6.33 Å². The Morgan fingerprint density at radius 2 is 2.17 bits per heavy atom. The summed E-state index contributed by atoms with van der Waals surface area (Å²) in [5.74, 6) is 0.0835. The highest BCUT2D eigenvalue weighted by Crippen LogP contribution is 2.21. The number of nitrogen functional groups attached to an aromatic ring is 1. The first-order chi connectivity index (χ1) is 8.45. The fraction of sp³-hybridized carbons (Fsp3) is 0.444. The molecule has 2 rings (SSSR count). The second kappa shape index (κ2) is 4.50. The van der Waals surface area contributed by atoms with Crippen molar-refractivity contribution in [3.63, 3.8) is 0 Å². The molecule has 18 heavy (non-hydrogen) atoms. The molecule has 3 N–H and O–H groups in total. The second-order valence-corrected chi connectivity index (χ2v) is 5.12. The molecule has 0 aliphatic heterocycles.